The fourth-order valence-electron chi connectivity index (χ4n) is 5.10. The van der Waals surface area contributed by atoms with Crippen LogP contribution in [0.5, 0.6) is 0 Å². The molecular weight excluding hydrogens is 564 g/mol. The Hall–Kier alpha value is -4.42. The average molecular weight is 591 g/mol. The normalized spacial score (nSPS) is 14.5. The van der Waals surface area contributed by atoms with Crippen LogP contribution in [0, 0.1) is 0 Å². The molecule has 0 N–H and O–H groups in total. The highest BCUT2D eigenvalue weighted by atomic mass is 32.2. The van der Waals surface area contributed by atoms with Gasteiger partial charge >= 0.3 is 10.0 Å². The number of anilines is 1. The zero-order valence-corrected chi connectivity index (χ0v) is 23.7. The van der Waals surface area contributed by atoms with Gasteiger partial charge in [-0.05, 0) is 47.5 Å². The Labute approximate surface area is 237 Å². The number of sulfone groups is 1. The second kappa shape index (κ2) is 10.2. The number of furan rings is 1. The van der Waals surface area contributed by atoms with E-state index in [0.29, 0.717) is 42.7 Å². The van der Waals surface area contributed by atoms with Crippen molar-refractivity contribution in [1.82, 2.24) is 13.9 Å². The zero-order valence-electron chi connectivity index (χ0n) is 22.0. The van der Waals surface area contributed by atoms with Gasteiger partial charge in [-0.1, -0.05) is 36.4 Å². The molecule has 1 fully saturated rings. The third-order valence-electron chi connectivity index (χ3n) is 7.18. The van der Waals surface area contributed by atoms with Gasteiger partial charge in [-0.2, -0.15) is 8.42 Å². The van der Waals surface area contributed by atoms with Crippen LogP contribution >= 0.6 is 0 Å². The molecule has 0 bridgehead atoms. The number of fused-ring (bicyclic) bond motifs is 1. The Balaban J connectivity index is 1.27. The summed E-state index contributed by atoms with van der Waals surface area (Å²) in [6.07, 6.45) is 5.45. The van der Waals surface area contributed by atoms with Gasteiger partial charge in [-0.3, -0.25) is 4.79 Å². The topological polar surface area (TPSA) is 123 Å². The van der Waals surface area contributed by atoms with Crippen molar-refractivity contribution in [3.8, 4) is 11.1 Å². The monoisotopic (exact) mass is 590 g/mol. The molecule has 41 heavy (non-hydrogen) atoms. The zero-order chi connectivity index (χ0) is 28.8. The minimum absolute atomic E-state index is 0.0901. The summed E-state index contributed by atoms with van der Waals surface area (Å²) in [6.45, 7) is 1.78. The smallest absolute Gasteiger partial charge is 0.302 e. The number of hydrogen-bond acceptors (Lipinski definition) is 8. The molecule has 0 atom stereocenters. The molecule has 10 nitrogen and oxygen atoms in total. The summed E-state index contributed by atoms with van der Waals surface area (Å²) in [6, 6.07) is 20.5. The molecule has 0 aliphatic carbocycles. The van der Waals surface area contributed by atoms with Crippen LogP contribution < -0.4 is 4.90 Å². The van der Waals surface area contributed by atoms with Crippen LogP contribution in [0.1, 0.15) is 10.4 Å². The molecule has 0 spiro atoms. The fraction of sp³-hybridized carbons (Fsp3) is 0.172. The van der Waals surface area contributed by atoms with E-state index >= 15 is 0 Å². The minimum atomic E-state index is -3.94. The Morgan fingerprint density at radius 1 is 0.878 bits per heavy atom. The first kappa shape index (κ1) is 26.8. The number of pyridine rings is 1. The van der Waals surface area contributed by atoms with Crippen molar-refractivity contribution in [3.05, 3.63) is 97.0 Å². The molecule has 6 rings (SSSR count). The highest BCUT2D eigenvalue weighted by Gasteiger charge is 2.28. The van der Waals surface area contributed by atoms with Gasteiger partial charge < -0.3 is 14.2 Å². The quantitative estimate of drug-likeness (QED) is 0.292. The number of amides is 1. The van der Waals surface area contributed by atoms with E-state index in [1.54, 1.807) is 23.2 Å². The number of rotatable bonds is 6. The highest BCUT2D eigenvalue weighted by molar-refractivity contribution is 7.90. The van der Waals surface area contributed by atoms with Crippen LogP contribution in [-0.2, 0) is 19.9 Å². The number of hydrogen-bond donors (Lipinski definition) is 0. The largest absolute Gasteiger partial charge is 0.451 e. The first-order valence-electron chi connectivity index (χ1n) is 12.8. The predicted molar refractivity (Wildman–Crippen MR) is 154 cm³/mol. The van der Waals surface area contributed by atoms with Crippen LogP contribution in [0.4, 0.5) is 5.69 Å². The van der Waals surface area contributed by atoms with Crippen LogP contribution in [0.15, 0.2) is 106 Å². The standard InChI is InChI=1S/C29H26N4O6S2/c1-40(35,36)22-9-10-23(21-6-3-2-4-7-21)25(20-22)29(34)32-17-15-31(16-18-32)26-11-13-30-28-24(26)12-14-33(28)41(37,38)27-8-5-19-39-27/h2-14,19-20H,15-18H2,1H3. The summed E-state index contributed by atoms with van der Waals surface area (Å²) in [5.41, 5.74) is 2.91. The summed E-state index contributed by atoms with van der Waals surface area (Å²) in [7, 11) is -7.46. The maximum Gasteiger partial charge on any atom is 0.302 e. The molecule has 2 aromatic carbocycles. The molecular formula is C29H26N4O6S2. The third-order valence-corrected chi connectivity index (χ3v) is 9.85. The molecule has 1 amide bonds. The molecule has 210 valence electrons. The van der Waals surface area contributed by atoms with Gasteiger partial charge in [-0.25, -0.2) is 17.4 Å². The number of nitrogens with zero attached hydrogens (tertiary/aromatic N) is 4. The molecule has 1 saturated heterocycles. The van der Waals surface area contributed by atoms with E-state index in [-0.39, 0.29) is 21.5 Å². The van der Waals surface area contributed by atoms with Gasteiger partial charge in [0.25, 0.3) is 5.91 Å². The SMILES string of the molecule is CS(=O)(=O)c1ccc(-c2ccccc2)c(C(=O)N2CCN(c3ccnc4c3ccn4S(=O)(=O)c3ccco3)CC2)c1. The summed E-state index contributed by atoms with van der Waals surface area (Å²) < 4.78 is 56.9. The van der Waals surface area contributed by atoms with Gasteiger partial charge in [0.05, 0.1) is 11.2 Å². The average Bonchev–Trinajstić information content (AvgIpc) is 3.68. The van der Waals surface area contributed by atoms with Crippen LogP contribution in [-0.4, -0.2) is 69.0 Å². The molecule has 5 aromatic rings. The minimum Gasteiger partial charge on any atom is -0.451 e. The highest BCUT2D eigenvalue weighted by Crippen LogP contribution is 2.31. The first-order chi connectivity index (χ1) is 19.6. The van der Waals surface area contributed by atoms with E-state index in [1.165, 1.54) is 36.7 Å². The molecule has 3 aromatic heterocycles. The van der Waals surface area contributed by atoms with Crippen molar-refractivity contribution in [2.75, 3.05) is 37.3 Å². The second-order valence-electron chi connectivity index (χ2n) is 9.74. The van der Waals surface area contributed by atoms with Crippen molar-refractivity contribution in [3.63, 3.8) is 0 Å². The van der Waals surface area contributed by atoms with E-state index in [1.807, 2.05) is 36.4 Å². The van der Waals surface area contributed by atoms with E-state index in [2.05, 4.69) is 9.88 Å². The second-order valence-corrected chi connectivity index (χ2v) is 13.5. The van der Waals surface area contributed by atoms with Gasteiger partial charge in [0.15, 0.2) is 15.5 Å². The summed E-state index contributed by atoms with van der Waals surface area (Å²) >= 11 is 0. The van der Waals surface area contributed by atoms with Crippen molar-refractivity contribution < 1.29 is 26.0 Å². The van der Waals surface area contributed by atoms with Gasteiger partial charge in [0.2, 0.25) is 5.09 Å². The van der Waals surface area contributed by atoms with E-state index < -0.39 is 19.9 Å². The van der Waals surface area contributed by atoms with E-state index in [4.69, 9.17) is 4.42 Å². The number of piperazine rings is 1. The van der Waals surface area contributed by atoms with Gasteiger partial charge in [0.1, 0.15) is 0 Å². The molecule has 4 heterocycles. The van der Waals surface area contributed by atoms with Crippen molar-refractivity contribution in [1.29, 1.82) is 0 Å². The maximum atomic E-state index is 13.8. The predicted octanol–water partition coefficient (Wildman–Crippen LogP) is 3.90. The van der Waals surface area contributed by atoms with Crippen LogP contribution in [0.2, 0.25) is 0 Å². The third kappa shape index (κ3) is 4.89. The Kier molecular flexibility index (Phi) is 6.66. The lowest BCUT2D eigenvalue weighted by molar-refractivity contribution is 0.0747. The molecule has 1 aliphatic rings. The Morgan fingerprint density at radius 3 is 2.32 bits per heavy atom. The summed E-state index contributed by atoms with van der Waals surface area (Å²) in [5.74, 6) is -0.246. The molecule has 0 saturated carbocycles. The van der Waals surface area contributed by atoms with Crippen LogP contribution in [0.25, 0.3) is 22.2 Å². The summed E-state index contributed by atoms with van der Waals surface area (Å²) in [4.78, 5) is 22.0. The van der Waals surface area contributed by atoms with Crippen molar-refractivity contribution >= 4 is 42.5 Å². The fourth-order valence-corrected chi connectivity index (χ4v) is 6.96. The number of benzene rings is 2. The van der Waals surface area contributed by atoms with E-state index in [9.17, 15) is 21.6 Å². The Bertz CT molecular complexity index is 1960. The molecule has 12 heteroatoms. The lowest BCUT2D eigenvalue weighted by Gasteiger charge is -2.36. The number of carbonyl (C=O) groups excluding carboxylic acids is 1. The van der Waals surface area contributed by atoms with E-state index in [0.717, 1.165) is 21.5 Å². The van der Waals surface area contributed by atoms with Crippen molar-refractivity contribution in [2.24, 2.45) is 0 Å². The molecule has 0 radical (unpaired) electrons. The molecule has 1 aliphatic heterocycles. The lowest BCUT2D eigenvalue weighted by atomic mass is 9.98. The first-order valence-corrected chi connectivity index (χ1v) is 16.2. The van der Waals surface area contributed by atoms with Gasteiger partial charge in [-0.15, -0.1) is 0 Å². The number of aromatic nitrogens is 2. The summed E-state index contributed by atoms with van der Waals surface area (Å²) in [5, 5.41) is 0.485. The maximum absolute atomic E-state index is 13.8. The number of carbonyl (C=O) groups is 1. The Morgan fingerprint density at radius 2 is 1.63 bits per heavy atom. The van der Waals surface area contributed by atoms with Crippen molar-refractivity contribution in [2.45, 2.75) is 9.99 Å². The molecule has 0 unspecified atom stereocenters. The van der Waals surface area contributed by atoms with Gasteiger partial charge in [0, 0.05) is 61.5 Å². The lowest BCUT2D eigenvalue weighted by Crippen LogP contribution is -2.49. The van der Waals surface area contributed by atoms with Crippen LogP contribution in [0.3, 0.4) is 0 Å².